The van der Waals surface area contributed by atoms with Gasteiger partial charge in [-0.25, -0.2) is 26.3 Å². The van der Waals surface area contributed by atoms with Crippen LogP contribution in [0.25, 0.3) is 0 Å². The van der Waals surface area contributed by atoms with Gasteiger partial charge in [0.25, 0.3) is 0 Å². The van der Waals surface area contributed by atoms with Gasteiger partial charge in [0.15, 0.2) is 30.3 Å². The summed E-state index contributed by atoms with van der Waals surface area (Å²) < 4.78 is 86.9. The van der Waals surface area contributed by atoms with E-state index in [1.165, 1.54) is 0 Å². The number of rotatable bonds is 3. The highest BCUT2D eigenvalue weighted by Gasteiger charge is 2.41. The van der Waals surface area contributed by atoms with Gasteiger partial charge < -0.3 is 4.74 Å². The number of halogens is 6. The number of ether oxygens (including phenoxy) is 1. The van der Waals surface area contributed by atoms with Crippen LogP contribution in [0.4, 0.5) is 26.3 Å². The van der Waals surface area contributed by atoms with E-state index in [9.17, 15) is 26.3 Å². The van der Waals surface area contributed by atoms with E-state index in [1.54, 1.807) is 0 Å². The van der Waals surface area contributed by atoms with E-state index in [-0.39, 0.29) is 11.8 Å². The maximum absolute atomic E-state index is 13.9. The fraction of sp³-hybridized carbons (Fsp3) is 0.286. The summed E-state index contributed by atoms with van der Waals surface area (Å²) in [5.74, 6) is -9.70. The molecule has 8 heteroatoms. The van der Waals surface area contributed by atoms with Gasteiger partial charge in [-0.2, -0.15) is 0 Å². The first-order chi connectivity index (χ1) is 10.2. The Balaban J connectivity index is 2.44. The molecule has 0 saturated heterocycles. The molecular formula is C14H10BF6O. The van der Waals surface area contributed by atoms with Crippen molar-refractivity contribution in [2.24, 2.45) is 0 Å². The van der Waals surface area contributed by atoms with Crippen LogP contribution in [0, 0.1) is 11.6 Å². The van der Waals surface area contributed by atoms with Crippen LogP contribution in [-0.4, -0.2) is 20.1 Å². The van der Waals surface area contributed by atoms with E-state index in [0.29, 0.717) is 14.2 Å². The highest BCUT2D eigenvalue weighted by Crippen LogP contribution is 2.43. The van der Waals surface area contributed by atoms with Crippen LogP contribution in [0.1, 0.15) is 6.92 Å². The Morgan fingerprint density at radius 3 is 2.36 bits per heavy atom. The van der Waals surface area contributed by atoms with Gasteiger partial charge in [0.05, 0.1) is 7.11 Å². The number of hydrogen-bond donors (Lipinski definition) is 0. The van der Waals surface area contributed by atoms with E-state index in [1.807, 2.05) is 0 Å². The molecule has 0 heterocycles. The Bertz CT molecular complexity index is 668. The van der Waals surface area contributed by atoms with Gasteiger partial charge in [0, 0.05) is 5.82 Å². The predicted octanol–water partition coefficient (Wildman–Crippen LogP) is 3.84. The van der Waals surface area contributed by atoms with Crippen LogP contribution in [0.5, 0.6) is 5.75 Å². The summed E-state index contributed by atoms with van der Waals surface area (Å²) in [5.41, 5.74) is -3.73. The Hall–Kier alpha value is -1.86. The molecule has 0 aliphatic heterocycles. The Kier molecular flexibility index (Phi) is 4.31. The first-order valence-corrected chi connectivity index (χ1v) is 6.18. The molecule has 1 aliphatic rings. The summed E-state index contributed by atoms with van der Waals surface area (Å²) in [4.78, 5) is 0. The molecule has 22 heavy (non-hydrogen) atoms. The molecule has 0 N–H and O–H groups in total. The molecule has 0 fully saturated rings. The molecule has 1 radical (unpaired) electrons. The minimum Gasteiger partial charge on any atom is -0.494 e. The van der Waals surface area contributed by atoms with Gasteiger partial charge in [-0.05, 0) is 30.6 Å². The lowest BCUT2D eigenvalue weighted by Gasteiger charge is -2.25. The topological polar surface area (TPSA) is 9.23 Å². The molecule has 1 aliphatic carbocycles. The number of benzene rings is 1. The van der Waals surface area contributed by atoms with Crippen molar-refractivity contribution in [3.05, 3.63) is 47.3 Å². The molecule has 0 amide bonds. The monoisotopic (exact) mass is 319 g/mol. The first-order valence-electron chi connectivity index (χ1n) is 6.18. The fourth-order valence-electron chi connectivity index (χ4n) is 2.08. The molecule has 1 aromatic rings. The zero-order valence-corrected chi connectivity index (χ0v) is 11.6. The standard InChI is InChI=1S/C14H10BF6O/c1-14(21)5-7(17)10(12(19)13(14)20)15-9-6(16)3-4-8(22-2)11(9)18/h3-5,10H,1-2H3. The van der Waals surface area contributed by atoms with E-state index in [2.05, 4.69) is 4.74 Å². The molecule has 2 atom stereocenters. The van der Waals surface area contributed by atoms with Crippen LogP contribution in [0.3, 0.4) is 0 Å². The van der Waals surface area contributed by atoms with Crippen molar-refractivity contribution in [2.45, 2.75) is 18.4 Å². The molecule has 1 aromatic carbocycles. The molecular weight excluding hydrogens is 309 g/mol. The average Bonchev–Trinajstić information content (AvgIpc) is 2.44. The van der Waals surface area contributed by atoms with E-state index in [4.69, 9.17) is 0 Å². The number of alkyl halides is 1. The average molecular weight is 319 g/mol. The normalized spacial score (nSPS) is 25.1. The maximum atomic E-state index is 13.9. The summed E-state index contributed by atoms with van der Waals surface area (Å²) in [7, 11) is 1.62. The zero-order chi connectivity index (χ0) is 16.7. The number of methoxy groups -OCH3 is 1. The second kappa shape index (κ2) is 5.74. The number of allylic oxidation sites excluding steroid dienone is 4. The summed E-state index contributed by atoms with van der Waals surface area (Å²) in [6.45, 7) is 0.629. The van der Waals surface area contributed by atoms with Crippen LogP contribution >= 0.6 is 0 Å². The quantitative estimate of drug-likeness (QED) is 0.608. The van der Waals surface area contributed by atoms with Gasteiger partial charge in [-0.3, -0.25) is 0 Å². The summed E-state index contributed by atoms with van der Waals surface area (Å²) in [6.07, 6.45) is 0.225. The molecule has 0 spiro atoms. The summed E-state index contributed by atoms with van der Waals surface area (Å²) >= 11 is 0. The van der Waals surface area contributed by atoms with Gasteiger partial charge in [-0.1, -0.05) is 0 Å². The highest BCUT2D eigenvalue weighted by molar-refractivity contribution is 6.56. The number of hydrogen-bond acceptors (Lipinski definition) is 1. The van der Waals surface area contributed by atoms with Crippen molar-refractivity contribution < 1.29 is 31.1 Å². The summed E-state index contributed by atoms with van der Waals surface area (Å²) in [5, 5.41) is 0. The van der Waals surface area contributed by atoms with Crippen molar-refractivity contribution in [3.8, 4) is 5.75 Å². The molecule has 117 valence electrons. The maximum Gasteiger partial charge on any atom is 0.182 e. The molecule has 2 rings (SSSR count). The second-order valence-electron chi connectivity index (χ2n) is 4.89. The lowest BCUT2D eigenvalue weighted by atomic mass is 9.56. The highest BCUT2D eigenvalue weighted by atomic mass is 19.2. The largest absolute Gasteiger partial charge is 0.494 e. The van der Waals surface area contributed by atoms with Gasteiger partial charge in [0.2, 0.25) is 0 Å². The predicted molar refractivity (Wildman–Crippen MR) is 70.0 cm³/mol. The molecule has 0 aromatic heterocycles. The summed E-state index contributed by atoms with van der Waals surface area (Å²) in [6, 6.07) is 1.82. The van der Waals surface area contributed by atoms with Gasteiger partial charge >= 0.3 is 0 Å². The zero-order valence-electron chi connectivity index (χ0n) is 11.6. The minimum absolute atomic E-state index is 0.225. The van der Waals surface area contributed by atoms with Crippen molar-refractivity contribution in [3.63, 3.8) is 0 Å². The first kappa shape index (κ1) is 16.5. The molecule has 0 saturated carbocycles. The van der Waals surface area contributed by atoms with Crippen LogP contribution in [0.2, 0.25) is 5.82 Å². The third kappa shape index (κ3) is 2.74. The second-order valence-corrected chi connectivity index (χ2v) is 4.89. The minimum atomic E-state index is -2.94. The van der Waals surface area contributed by atoms with Crippen molar-refractivity contribution in [1.29, 1.82) is 0 Å². The SMILES string of the molecule is COc1ccc(F)c([B]C2C(F)=CC(C)(F)C(F)=C2F)c1F. The van der Waals surface area contributed by atoms with Gasteiger partial charge in [0.1, 0.15) is 17.5 Å². The third-order valence-corrected chi connectivity index (χ3v) is 3.26. The van der Waals surface area contributed by atoms with Gasteiger partial charge in [-0.15, -0.1) is 0 Å². The van der Waals surface area contributed by atoms with Crippen LogP contribution in [0.15, 0.2) is 35.7 Å². The van der Waals surface area contributed by atoms with E-state index in [0.717, 1.165) is 19.2 Å². The molecule has 2 unspecified atom stereocenters. The van der Waals surface area contributed by atoms with Crippen molar-refractivity contribution in [2.75, 3.05) is 7.11 Å². The lowest BCUT2D eigenvalue weighted by molar-refractivity contribution is 0.233. The lowest BCUT2D eigenvalue weighted by Crippen LogP contribution is -2.32. The fourth-order valence-corrected chi connectivity index (χ4v) is 2.08. The Morgan fingerprint density at radius 1 is 1.14 bits per heavy atom. The third-order valence-electron chi connectivity index (χ3n) is 3.26. The van der Waals surface area contributed by atoms with E-state index >= 15 is 0 Å². The Morgan fingerprint density at radius 2 is 1.77 bits per heavy atom. The van der Waals surface area contributed by atoms with Crippen LogP contribution in [-0.2, 0) is 0 Å². The van der Waals surface area contributed by atoms with Crippen LogP contribution < -0.4 is 10.2 Å². The molecule has 0 bridgehead atoms. The van der Waals surface area contributed by atoms with Crippen molar-refractivity contribution in [1.82, 2.24) is 0 Å². The van der Waals surface area contributed by atoms with E-state index < -0.39 is 46.1 Å². The Labute approximate surface area is 123 Å². The molecule has 1 nitrogen and oxygen atoms in total. The van der Waals surface area contributed by atoms with Crippen molar-refractivity contribution >= 4 is 12.7 Å². The smallest absolute Gasteiger partial charge is 0.182 e.